The lowest BCUT2D eigenvalue weighted by molar-refractivity contribution is -0.384. The maximum Gasteiger partial charge on any atom is 0.270 e. The number of nitro groups is 1. The third kappa shape index (κ3) is 4.42. The highest BCUT2D eigenvalue weighted by Gasteiger charge is 2.18. The van der Waals surface area contributed by atoms with E-state index >= 15 is 0 Å². The maximum absolute atomic E-state index is 12.1. The minimum atomic E-state index is -4.12. The Morgan fingerprint density at radius 1 is 1.08 bits per heavy atom. The van der Waals surface area contributed by atoms with E-state index in [1.165, 1.54) is 24.3 Å². The average Bonchev–Trinajstić information content (AvgIpc) is 2.52. The van der Waals surface area contributed by atoms with Crippen molar-refractivity contribution in [3.8, 4) is 0 Å². The Morgan fingerprint density at radius 2 is 1.71 bits per heavy atom. The molecule has 0 fully saturated rings. The summed E-state index contributed by atoms with van der Waals surface area (Å²) in [5, 5.41) is 10.9. The molecule has 0 aliphatic rings. The highest BCUT2D eigenvalue weighted by Crippen LogP contribution is 2.22. The molecule has 2 aromatic rings. The fraction of sp³-hybridized carbons (Fsp3) is 0. The number of carbonyl (C=O) groups is 1. The van der Waals surface area contributed by atoms with Gasteiger partial charge in [-0.1, -0.05) is 29.3 Å². The van der Waals surface area contributed by atoms with Gasteiger partial charge in [-0.2, -0.15) is 0 Å². The third-order valence-electron chi connectivity index (χ3n) is 2.76. The van der Waals surface area contributed by atoms with Crippen molar-refractivity contribution in [3.05, 3.63) is 68.2 Å². The van der Waals surface area contributed by atoms with E-state index < -0.39 is 20.9 Å². The van der Waals surface area contributed by atoms with Crippen LogP contribution in [0.25, 0.3) is 0 Å². The fourth-order valence-electron chi connectivity index (χ4n) is 1.69. The number of carbonyl (C=O) groups excluding carboxylic acids is 1. The Hall–Kier alpha value is -2.20. The molecule has 24 heavy (non-hydrogen) atoms. The first-order chi connectivity index (χ1) is 11.2. The van der Waals surface area contributed by atoms with E-state index in [9.17, 15) is 23.3 Å². The van der Waals surface area contributed by atoms with Crippen molar-refractivity contribution in [2.45, 2.75) is 4.90 Å². The minimum Gasteiger partial charge on any atom is -0.273 e. The van der Waals surface area contributed by atoms with E-state index in [-0.39, 0.29) is 26.2 Å². The number of benzene rings is 2. The summed E-state index contributed by atoms with van der Waals surface area (Å²) in [5.41, 5.74) is 1.57. The quantitative estimate of drug-likeness (QED) is 0.601. The molecule has 0 saturated carbocycles. The topological polar surface area (TPSA) is 118 Å². The molecular formula is C13H9Cl2N3O5S. The van der Waals surface area contributed by atoms with Gasteiger partial charge in [0.1, 0.15) is 0 Å². The molecule has 0 spiro atoms. The Kier molecular flexibility index (Phi) is 5.40. The predicted molar refractivity (Wildman–Crippen MR) is 87.3 cm³/mol. The van der Waals surface area contributed by atoms with Crippen LogP contribution in [0.3, 0.4) is 0 Å². The second kappa shape index (κ2) is 7.14. The van der Waals surface area contributed by atoms with Crippen LogP contribution in [0, 0.1) is 10.1 Å². The summed E-state index contributed by atoms with van der Waals surface area (Å²) in [6.45, 7) is 0. The molecule has 11 heteroatoms. The molecular weight excluding hydrogens is 381 g/mol. The molecule has 0 aromatic heterocycles. The lowest BCUT2D eigenvalue weighted by Gasteiger charge is -2.09. The van der Waals surface area contributed by atoms with E-state index in [1.54, 1.807) is 0 Å². The van der Waals surface area contributed by atoms with Gasteiger partial charge in [0.25, 0.3) is 21.6 Å². The molecule has 0 heterocycles. The number of nitro benzene ring substituents is 1. The van der Waals surface area contributed by atoms with Crippen molar-refractivity contribution in [3.63, 3.8) is 0 Å². The van der Waals surface area contributed by atoms with Crippen LogP contribution < -0.4 is 10.3 Å². The molecule has 0 aliphatic heterocycles. The summed E-state index contributed by atoms with van der Waals surface area (Å²) < 4.78 is 24.2. The summed E-state index contributed by atoms with van der Waals surface area (Å²) >= 11 is 11.5. The summed E-state index contributed by atoms with van der Waals surface area (Å²) in [6.07, 6.45) is 0. The van der Waals surface area contributed by atoms with Crippen LogP contribution in [-0.2, 0) is 10.0 Å². The molecule has 0 radical (unpaired) electrons. The van der Waals surface area contributed by atoms with Crippen LogP contribution in [0.1, 0.15) is 10.4 Å². The zero-order chi connectivity index (χ0) is 17.9. The standard InChI is InChI=1S/C13H9Cl2N3O5S/c14-9-5-10(15)7-12(6-9)24(22,23)17-16-13(19)8-2-1-3-11(4-8)18(20)21/h1-7,17H,(H,16,19). The van der Waals surface area contributed by atoms with Gasteiger partial charge in [-0.05, 0) is 24.3 Å². The van der Waals surface area contributed by atoms with Gasteiger partial charge < -0.3 is 0 Å². The van der Waals surface area contributed by atoms with Gasteiger partial charge in [-0.25, -0.2) is 8.42 Å². The molecule has 8 nitrogen and oxygen atoms in total. The van der Waals surface area contributed by atoms with Crippen molar-refractivity contribution >= 4 is 44.8 Å². The van der Waals surface area contributed by atoms with Crippen molar-refractivity contribution in [1.82, 2.24) is 10.3 Å². The van der Waals surface area contributed by atoms with Crippen LogP contribution in [0.5, 0.6) is 0 Å². The monoisotopic (exact) mass is 389 g/mol. The summed E-state index contributed by atoms with van der Waals surface area (Å²) in [4.78, 5) is 23.5. The zero-order valence-corrected chi connectivity index (χ0v) is 14.0. The van der Waals surface area contributed by atoms with Crippen LogP contribution in [-0.4, -0.2) is 19.2 Å². The minimum absolute atomic E-state index is 0.0870. The molecule has 0 bridgehead atoms. The number of amides is 1. The van der Waals surface area contributed by atoms with E-state index in [1.807, 2.05) is 10.3 Å². The Morgan fingerprint density at radius 3 is 2.29 bits per heavy atom. The third-order valence-corrected chi connectivity index (χ3v) is 4.43. The number of hydrogen-bond donors (Lipinski definition) is 2. The largest absolute Gasteiger partial charge is 0.273 e. The fourth-order valence-corrected chi connectivity index (χ4v) is 3.25. The number of halogens is 2. The Balaban J connectivity index is 2.16. The van der Waals surface area contributed by atoms with Gasteiger partial charge >= 0.3 is 0 Å². The zero-order valence-electron chi connectivity index (χ0n) is 11.7. The lowest BCUT2D eigenvalue weighted by atomic mass is 10.2. The molecule has 0 aliphatic carbocycles. The normalized spacial score (nSPS) is 11.1. The van der Waals surface area contributed by atoms with Gasteiger partial charge in [0.2, 0.25) is 0 Å². The molecule has 2 rings (SSSR count). The first kappa shape index (κ1) is 18.1. The lowest BCUT2D eigenvalue weighted by Crippen LogP contribution is -2.41. The molecule has 0 saturated heterocycles. The Labute approximate surface area is 146 Å². The van der Waals surface area contributed by atoms with Crippen LogP contribution in [0.15, 0.2) is 47.4 Å². The van der Waals surface area contributed by atoms with E-state index in [0.717, 1.165) is 18.2 Å². The average molecular weight is 390 g/mol. The van der Waals surface area contributed by atoms with Crippen LogP contribution >= 0.6 is 23.2 Å². The van der Waals surface area contributed by atoms with Gasteiger partial charge in [-0.15, -0.1) is 4.83 Å². The first-order valence-electron chi connectivity index (χ1n) is 6.22. The molecule has 1 amide bonds. The van der Waals surface area contributed by atoms with Gasteiger partial charge in [0, 0.05) is 27.7 Å². The molecule has 0 atom stereocenters. The second-order valence-corrected chi connectivity index (χ2v) is 7.03. The van der Waals surface area contributed by atoms with Gasteiger partial charge in [0.05, 0.1) is 9.82 Å². The van der Waals surface area contributed by atoms with Gasteiger partial charge in [0.15, 0.2) is 0 Å². The number of nitrogens with one attached hydrogen (secondary N) is 2. The van der Waals surface area contributed by atoms with E-state index in [4.69, 9.17) is 23.2 Å². The summed E-state index contributed by atoms with van der Waals surface area (Å²) in [7, 11) is -4.12. The number of non-ortho nitro benzene ring substituents is 1. The van der Waals surface area contributed by atoms with Crippen molar-refractivity contribution in [1.29, 1.82) is 0 Å². The predicted octanol–water partition coefficient (Wildman–Crippen LogP) is 2.52. The number of hydrogen-bond acceptors (Lipinski definition) is 5. The highest BCUT2D eigenvalue weighted by molar-refractivity contribution is 7.89. The second-order valence-electron chi connectivity index (χ2n) is 4.47. The molecule has 0 unspecified atom stereocenters. The number of nitrogens with zero attached hydrogens (tertiary/aromatic N) is 1. The van der Waals surface area contributed by atoms with Crippen molar-refractivity contribution in [2.75, 3.05) is 0 Å². The number of sulfonamides is 1. The smallest absolute Gasteiger partial charge is 0.270 e. The Bertz CT molecular complexity index is 897. The van der Waals surface area contributed by atoms with Crippen LogP contribution in [0.2, 0.25) is 10.0 Å². The van der Waals surface area contributed by atoms with Gasteiger partial charge in [-0.3, -0.25) is 20.3 Å². The number of rotatable bonds is 5. The summed E-state index contributed by atoms with van der Waals surface area (Å²) in [6, 6.07) is 8.47. The maximum atomic E-state index is 12.1. The van der Waals surface area contributed by atoms with E-state index in [0.29, 0.717) is 0 Å². The van der Waals surface area contributed by atoms with E-state index in [2.05, 4.69) is 0 Å². The van der Waals surface area contributed by atoms with Crippen LogP contribution in [0.4, 0.5) is 5.69 Å². The molecule has 126 valence electrons. The van der Waals surface area contributed by atoms with Crippen molar-refractivity contribution < 1.29 is 18.1 Å². The molecule has 2 aromatic carbocycles. The van der Waals surface area contributed by atoms with Crippen molar-refractivity contribution in [2.24, 2.45) is 0 Å². The highest BCUT2D eigenvalue weighted by atomic mass is 35.5. The first-order valence-corrected chi connectivity index (χ1v) is 8.45. The molecule has 2 N–H and O–H groups in total. The number of hydrazine groups is 1. The summed E-state index contributed by atoms with van der Waals surface area (Å²) in [5.74, 6) is -0.865. The SMILES string of the molecule is O=C(NNS(=O)(=O)c1cc(Cl)cc(Cl)c1)c1cccc([N+](=O)[O-])c1.